The van der Waals surface area contributed by atoms with E-state index in [1.807, 2.05) is 0 Å². The van der Waals surface area contributed by atoms with Crippen molar-refractivity contribution in [3.05, 3.63) is 30.1 Å². The van der Waals surface area contributed by atoms with E-state index in [1.165, 1.54) is 29.2 Å². The van der Waals surface area contributed by atoms with Crippen LogP contribution in [0.3, 0.4) is 0 Å². The Bertz CT molecular complexity index is 403. The van der Waals surface area contributed by atoms with E-state index in [9.17, 15) is 14.0 Å². The summed E-state index contributed by atoms with van der Waals surface area (Å²) in [6, 6.07) is 5.52. The Labute approximate surface area is 99.4 Å². The fraction of sp³-hybridized carbons (Fsp3) is 0.333. The number of halogens is 1. The Kier molecular flexibility index (Phi) is 4.63. The average Bonchev–Trinajstić information content (AvgIpc) is 2.29. The van der Waals surface area contributed by atoms with Gasteiger partial charge in [0.1, 0.15) is 12.2 Å². The van der Waals surface area contributed by atoms with E-state index in [1.54, 1.807) is 14.0 Å². The first-order valence-corrected chi connectivity index (χ1v) is 5.33. The maximum absolute atomic E-state index is 12.7. The van der Waals surface area contributed by atoms with Crippen LogP contribution < -0.4 is 10.2 Å². The highest BCUT2D eigenvalue weighted by Gasteiger charge is 2.14. The number of hydrogen-bond donors (Lipinski definition) is 1. The molecule has 2 amide bonds. The fourth-order valence-electron chi connectivity index (χ4n) is 1.32. The number of carbonyl (C=O) groups is 2. The lowest BCUT2D eigenvalue weighted by atomic mass is 10.2. The van der Waals surface area contributed by atoms with E-state index in [-0.39, 0.29) is 24.1 Å². The molecule has 5 heteroatoms. The quantitative estimate of drug-likeness (QED) is 0.804. The van der Waals surface area contributed by atoms with Gasteiger partial charge in [0.15, 0.2) is 0 Å². The monoisotopic (exact) mass is 238 g/mol. The molecule has 4 nitrogen and oxygen atoms in total. The number of amides is 2. The second-order valence-corrected chi connectivity index (χ2v) is 3.56. The van der Waals surface area contributed by atoms with Crippen LogP contribution >= 0.6 is 0 Å². The first-order chi connectivity index (χ1) is 8.04. The molecule has 0 fully saturated rings. The van der Waals surface area contributed by atoms with Crippen LogP contribution in [0.5, 0.6) is 0 Å². The molecule has 0 radical (unpaired) electrons. The molecule has 0 aliphatic rings. The maximum atomic E-state index is 12.7. The Hall–Kier alpha value is -1.91. The molecule has 0 heterocycles. The highest BCUT2D eigenvalue weighted by Crippen LogP contribution is 2.13. The van der Waals surface area contributed by atoms with Crippen molar-refractivity contribution in [1.29, 1.82) is 0 Å². The molecule has 0 aliphatic heterocycles. The molecule has 92 valence electrons. The minimum absolute atomic E-state index is 0.207. The van der Waals surface area contributed by atoms with Crippen molar-refractivity contribution >= 4 is 17.5 Å². The molecular weight excluding hydrogens is 223 g/mol. The highest BCUT2D eigenvalue weighted by atomic mass is 19.1. The summed E-state index contributed by atoms with van der Waals surface area (Å²) in [6.45, 7) is 2.28. The van der Waals surface area contributed by atoms with Gasteiger partial charge in [0.25, 0.3) is 0 Å². The van der Waals surface area contributed by atoms with Gasteiger partial charge in [0.2, 0.25) is 11.8 Å². The predicted octanol–water partition coefficient (Wildman–Crippen LogP) is 1.31. The molecule has 1 N–H and O–H groups in total. The summed E-state index contributed by atoms with van der Waals surface area (Å²) in [6.07, 6.45) is -0.207. The van der Waals surface area contributed by atoms with Gasteiger partial charge in [0, 0.05) is 19.3 Å². The third-order valence-corrected chi connectivity index (χ3v) is 2.27. The van der Waals surface area contributed by atoms with Gasteiger partial charge in [-0.15, -0.1) is 0 Å². The van der Waals surface area contributed by atoms with E-state index in [4.69, 9.17) is 0 Å². The zero-order valence-electron chi connectivity index (χ0n) is 9.87. The van der Waals surface area contributed by atoms with Crippen molar-refractivity contribution in [3.8, 4) is 0 Å². The number of nitrogens with zero attached hydrogens (tertiary/aromatic N) is 1. The largest absolute Gasteiger partial charge is 0.356 e. The van der Waals surface area contributed by atoms with Crippen molar-refractivity contribution in [1.82, 2.24) is 5.32 Å². The lowest BCUT2D eigenvalue weighted by molar-refractivity contribution is -0.127. The number of hydrogen-bond acceptors (Lipinski definition) is 2. The van der Waals surface area contributed by atoms with Crippen LogP contribution in [0.15, 0.2) is 24.3 Å². The van der Waals surface area contributed by atoms with E-state index in [0.29, 0.717) is 12.2 Å². The van der Waals surface area contributed by atoms with Crippen molar-refractivity contribution < 1.29 is 14.0 Å². The van der Waals surface area contributed by atoms with Gasteiger partial charge >= 0.3 is 0 Å². The maximum Gasteiger partial charge on any atom is 0.236 e. The summed E-state index contributed by atoms with van der Waals surface area (Å²) >= 11 is 0. The first kappa shape index (κ1) is 13.2. The SMILES string of the molecule is CCNC(=O)CC(=O)N(C)c1ccc(F)cc1. The fourth-order valence-corrected chi connectivity index (χ4v) is 1.32. The van der Waals surface area contributed by atoms with Crippen LogP contribution in [0, 0.1) is 5.82 Å². The zero-order chi connectivity index (χ0) is 12.8. The zero-order valence-corrected chi connectivity index (χ0v) is 9.87. The van der Waals surface area contributed by atoms with Gasteiger partial charge in [-0.3, -0.25) is 9.59 Å². The Balaban J connectivity index is 2.63. The number of rotatable bonds is 4. The standard InChI is InChI=1S/C12H15FN2O2/c1-3-14-11(16)8-12(17)15(2)10-6-4-9(13)5-7-10/h4-7H,3,8H2,1-2H3,(H,14,16). The molecule has 0 saturated heterocycles. The van der Waals surface area contributed by atoms with Crippen LogP contribution in [0.4, 0.5) is 10.1 Å². The molecule has 0 bridgehead atoms. The van der Waals surface area contributed by atoms with E-state index in [2.05, 4.69) is 5.32 Å². The number of nitrogens with one attached hydrogen (secondary N) is 1. The van der Waals surface area contributed by atoms with Crippen LogP contribution in [0.1, 0.15) is 13.3 Å². The van der Waals surface area contributed by atoms with Crippen LogP contribution in [-0.2, 0) is 9.59 Å². The number of anilines is 1. The lowest BCUT2D eigenvalue weighted by Gasteiger charge is -2.16. The van der Waals surface area contributed by atoms with E-state index >= 15 is 0 Å². The smallest absolute Gasteiger partial charge is 0.236 e. The summed E-state index contributed by atoms with van der Waals surface area (Å²) in [7, 11) is 1.55. The van der Waals surface area contributed by atoms with Crippen molar-refractivity contribution in [3.63, 3.8) is 0 Å². The minimum atomic E-state index is -0.363. The van der Waals surface area contributed by atoms with Crippen LogP contribution in [0.25, 0.3) is 0 Å². The Morgan fingerprint density at radius 1 is 1.29 bits per heavy atom. The second-order valence-electron chi connectivity index (χ2n) is 3.56. The molecule has 1 aromatic carbocycles. The van der Waals surface area contributed by atoms with Gasteiger partial charge < -0.3 is 10.2 Å². The van der Waals surface area contributed by atoms with Gasteiger partial charge in [-0.2, -0.15) is 0 Å². The molecule has 1 rings (SSSR count). The molecule has 1 aromatic rings. The predicted molar refractivity (Wildman–Crippen MR) is 63.1 cm³/mol. The van der Waals surface area contributed by atoms with Gasteiger partial charge in [-0.05, 0) is 31.2 Å². The molecule has 0 atom stereocenters. The summed E-state index contributed by atoms with van der Waals surface area (Å²) < 4.78 is 12.7. The normalized spacial score (nSPS) is 9.82. The molecule has 0 aliphatic carbocycles. The molecule has 0 saturated carbocycles. The molecule has 0 unspecified atom stereocenters. The van der Waals surface area contributed by atoms with Gasteiger partial charge in [-0.25, -0.2) is 4.39 Å². The average molecular weight is 238 g/mol. The summed E-state index contributed by atoms with van der Waals surface area (Å²) in [5, 5.41) is 2.55. The Morgan fingerprint density at radius 3 is 2.41 bits per heavy atom. The minimum Gasteiger partial charge on any atom is -0.356 e. The summed E-state index contributed by atoms with van der Waals surface area (Å²) in [5.74, 6) is -1.01. The van der Waals surface area contributed by atoms with Gasteiger partial charge in [-0.1, -0.05) is 0 Å². The van der Waals surface area contributed by atoms with Gasteiger partial charge in [0.05, 0.1) is 0 Å². The van der Waals surface area contributed by atoms with Crippen molar-refractivity contribution in [2.24, 2.45) is 0 Å². The third kappa shape index (κ3) is 3.86. The molecule has 0 spiro atoms. The van der Waals surface area contributed by atoms with Crippen molar-refractivity contribution in [2.45, 2.75) is 13.3 Å². The summed E-state index contributed by atoms with van der Waals surface area (Å²) in [5.41, 5.74) is 0.556. The number of carbonyl (C=O) groups excluding carboxylic acids is 2. The molecular formula is C12H15FN2O2. The lowest BCUT2D eigenvalue weighted by Crippen LogP contribution is -2.33. The third-order valence-electron chi connectivity index (χ3n) is 2.27. The topological polar surface area (TPSA) is 49.4 Å². The molecule has 17 heavy (non-hydrogen) atoms. The van der Waals surface area contributed by atoms with Crippen LogP contribution in [0.2, 0.25) is 0 Å². The van der Waals surface area contributed by atoms with E-state index in [0.717, 1.165) is 0 Å². The number of benzene rings is 1. The highest BCUT2D eigenvalue weighted by molar-refractivity contribution is 6.04. The van der Waals surface area contributed by atoms with Crippen molar-refractivity contribution in [2.75, 3.05) is 18.5 Å². The second kappa shape index (κ2) is 5.98. The molecule has 0 aromatic heterocycles. The summed E-state index contributed by atoms with van der Waals surface area (Å²) in [4.78, 5) is 24.2. The first-order valence-electron chi connectivity index (χ1n) is 5.33. The van der Waals surface area contributed by atoms with Crippen LogP contribution in [-0.4, -0.2) is 25.4 Å². The van der Waals surface area contributed by atoms with E-state index < -0.39 is 0 Å². The Morgan fingerprint density at radius 2 is 1.88 bits per heavy atom.